The van der Waals surface area contributed by atoms with Crippen molar-refractivity contribution in [2.75, 3.05) is 27.3 Å². The molecule has 2 aromatic carbocycles. The fraction of sp³-hybridized carbons (Fsp3) is 0.238. The van der Waals surface area contributed by atoms with Crippen molar-refractivity contribution in [2.45, 2.75) is 6.92 Å². The Morgan fingerprint density at radius 1 is 1.18 bits per heavy atom. The second kappa shape index (κ2) is 9.80. The van der Waals surface area contributed by atoms with Gasteiger partial charge in [-0.1, -0.05) is 29.8 Å². The maximum absolute atomic E-state index is 12.2. The van der Waals surface area contributed by atoms with Crippen LogP contribution in [0.25, 0.3) is 6.08 Å². The Kier molecular flexibility index (Phi) is 7.46. The van der Waals surface area contributed by atoms with Crippen molar-refractivity contribution in [1.82, 2.24) is 4.90 Å². The third-order valence-electron chi connectivity index (χ3n) is 3.73. The first-order valence-corrected chi connectivity index (χ1v) is 9.00. The first kappa shape index (κ1) is 21.3. The zero-order chi connectivity index (χ0) is 20.7. The number of ether oxygens (including phenoxy) is 2. The quantitative estimate of drug-likeness (QED) is 0.535. The maximum atomic E-state index is 12.2. The van der Waals surface area contributed by atoms with Gasteiger partial charge in [0.1, 0.15) is 5.75 Å². The van der Waals surface area contributed by atoms with E-state index >= 15 is 0 Å². The molecule has 0 aliphatic rings. The fourth-order valence-corrected chi connectivity index (χ4v) is 2.55. The lowest BCUT2D eigenvalue weighted by atomic mass is 10.1. The van der Waals surface area contributed by atoms with E-state index in [9.17, 15) is 14.7 Å². The highest BCUT2D eigenvalue weighted by Crippen LogP contribution is 2.37. The van der Waals surface area contributed by atoms with Gasteiger partial charge in [-0.3, -0.25) is 9.59 Å². The Hall–Kier alpha value is -2.99. The van der Waals surface area contributed by atoms with Crippen LogP contribution in [0.5, 0.6) is 17.2 Å². The molecule has 0 bridgehead atoms. The van der Waals surface area contributed by atoms with Gasteiger partial charge in [-0.2, -0.15) is 0 Å². The summed E-state index contributed by atoms with van der Waals surface area (Å²) in [5.41, 5.74) is 1.00. The number of nitrogens with zero attached hydrogens (tertiary/aromatic N) is 1. The number of hydrogen-bond donors (Lipinski definition) is 1. The van der Waals surface area contributed by atoms with Gasteiger partial charge in [-0.05, 0) is 42.8 Å². The average molecular weight is 404 g/mol. The van der Waals surface area contributed by atoms with E-state index in [-0.39, 0.29) is 34.8 Å². The lowest BCUT2D eigenvalue weighted by molar-refractivity contribution is -0.130. The summed E-state index contributed by atoms with van der Waals surface area (Å²) in [6.45, 7) is 2.03. The number of hydrogen-bond acceptors (Lipinski definition) is 5. The molecular weight excluding hydrogens is 382 g/mol. The molecule has 2 rings (SSSR count). The van der Waals surface area contributed by atoms with Crippen LogP contribution >= 0.6 is 11.6 Å². The Balaban J connectivity index is 2.23. The predicted octanol–water partition coefficient (Wildman–Crippen LogP) is 3.81. The average Bonchev–Trinajstić information content (AvgIpc) is 2.65. The molecule has 0 heterocycles. The number of phenols is 1. The van der Waals surface area contributed by atoms with Gasteiger partial charge < -0.3 is 19.5 Å². The zero-order valence-corrected chi connectivity index (χ0v) is 16.7. The number of aromatic hydroxyl groups is 1. The number of amides is 1. The molecule has 0 radical (unpaired) electrons. The van der Waals surface area contributed by atoms with Crippen LogP contribution in [0.15, 0.2) is 42.5 Å². The lowest BCUT2D eigenvalue weighted by Gasteiger charge is -2.16. The van der Waals surface area contributed by atoms with Crippen LogP contribution in [0.3, 0.4) is 0 Å². The molecule has 1 N–H and O–H groups in total. The summed E-state index contributed by atoms with van der Waals surface area (Å²) in [4.78, 5) is 25.4. The molecule has 0 saturated heterocycles. The van der Waals surface area contributed by atoms with Crippen LogP contribution in [0.1, 0.15) is 22.8 Å². The second-order valence-corrected chi connectivity index (χ2v) is 6.49. The first-order chi connectivity index (χ1) is 13.3. The van der Waals surface area contributed by atoms with Crippen molar-refractivity contribution in [1.29, 1.82) is 0 Å². The highest BCUT2D eigenvalue weighted by molar-refractivity contribution is 6.32. The molecule has 0 atom stereocenters. The van der Waals surface area contributed by atoms with Gasteiger partial charge in [0.2, 0.25) is 0 Å². The molecule has 1 amide bonds. The Morgan fingerprint density at radius 2 is 1.93 bits per heavy atom. The van der Waals surface area contributed by atoms with E-state index < -0.39 is 0 Å². The summed E-state index contributed by atoms with van der Waals surface area (Å²) in [5.74, 6) is 0.206. The molecule has 6 nitrogen and oxygen atoms in total. The summed E-state index contributed by atoms with van der Waals surface area (Å²) in [5, 5.41) is 9.75. The number of allylic oxidation sites excluding steroid dienone is 1. The van der Waals surface area contributed by atoms with Gasteiger partial charge in [-0.15, -0.1) is 0 Å². The molecular formula is C21H22ClNO5. The van der Waals surface area contributed by atoms with E-state index in [1.54, 1.807) is 44.4 Å². The van der Waals surface area contributed by atoms with Crippen LogP contribution in [0.4, 0.5) is 0 Å². The molecule has 7 heteroatoms. The summed E-state index contributed by atoms with van der Waals surface area (Å²) >= 11 is 6.30. The second-order valence-electron chi connectivity index (χ2n) is 6.09. The van der Waals surface area contributed by atoms with Crippen molar-refractivity contribution < 1.29 is 24.2 Å². The SMILES string of the molecule is CCOc1cc(/C=C/C(=O)c2cccc(O)c2)cc(Cl)c1OCC(=O)N(C)C. The lowest BCUT2D eigenvalue weighted by Crippen LogP contribution is -2.27. The van der Waals surface area contributed by atoms with E-state index in [1.165, 1.54) is 23.1 Å². The molecule has 0 aromatic heterocycles. The fourth-order valence-electron chi connectivity index (χ4n) is 2.28. The van der Waals surface area contributed by atoms with Gasteiger partial charge in [0.15, 0.2) is 23.9 Å². The van der Waals surface area contributed by atoms with E-state index in [4.69, 9.17) is 21.1 Å². The Bertz CT molecular complexity index is 892. The van der Waals surface area contributed by atoms with Gasteiger partial charge in [0, 0.05) is 19.7 Å². The number of rotatable bonds is 8. The Labute approximate surface area is 168 Å². The molecule has 0 unspecified atom stereocenters. The summed E-state index contributed by atoms with van der Waals surface area (Å²) in [6.07, 6.45) is 2.97. The molecule has 0 aliphatic heterocycles. The molecule has 0 fully saturated rings. The van der Waals surface area contributed by atoms with Crippen LogP contribution in [-0.2, 0) is 4.79 Å². The van der Waals surface area contributed by atoms with Crippen molar-refractivity contribution >= 4 is 29.4 Å². The topological polar surface area (TPSA) is 76.1 Å². The molecule has 28 heavy (non-hydrogen) atoms. The van der Waals surface area contributed by atoms with Crippen LogP contribution in [0, 0.1) is 0 Å². The molecule has 148 valence electrons. The largest absolute Gasteiger partial charge is 0.508 e. The number of likely N-dealkylation sites (N-methyl/N-ethyl adjacent to an activating group) is 1. The third kappa shape index (κ3) is 5.76. The standard InChI is InChI=1S/C21H22ClNO5/c1-4-27-19-11-14(8-9-18(25)15-6-5-7-16(24)12-15)10-17(22)21(19)28-13-20(26)23(2)3/h5-12,24H,4,13H2,1-3H3/b9-8+. The molecule has 0 saturated carbocycles. The number of phenolic OH excluding ortho intramolecular Hbond substituents is 1. The van der Waals surface area contributed by atoms with Crippen molar-refractivity contribution in [3.05, 3.63) is 58.6 Å². The monoisotopic (exact) mass is 403 g/mol. The van der Waals surface area contributed by atoms with Crippen LogP contribution in [0.2, 0.25) is 5.02 Å². The van der Waals surface area contributed by atoms with Gasteiger partial charge in [0.25, 0.3) is 5.91 Å². The van der Waals surface area contributed by atoms with Gasteiger partial charge >= 0.3 is 0 Å². The first-order valence-electron chi connectivity index (χ1n) is 8.62. The summed E-state index contributed by atoms with van der Waals surface area (Å²) < 4.78 is 11.1. The van der Waals surface area contributed by atoms with Gasteiger partial charge in [0.05, 0.1) is 11.6 Å². The summed E-state index contributed by atoms with van der Waals surface area (Å²) in [7, 11) is 3.27. The van der Waals surface area contributed by atoms with Crippen LogP contribution in [-0.4, -0.2) is 49.0 Å². The smallest absolute Gasteiger partial charge is 0.259 e. The number of halogens is 1. The van der Waals surface area contributed by atoms with Crippen LogP contribution < -0.4 is 9.47 Å². The highest BCUT2D eigenvalue weighted by Gasteiger charge is 2.14. The minimum atomic E-state index is -0.262. The maximum Gasteiger partial charge on any atom is 0.259 e. The number of carbonyl (C=O) groups is 2. The zero-order valence-electron chi connectivity index (χ0n) is 15.9. The van der Waals surface area contributed by atoms with Crippen molar-refractivity contribution in [2.24, 2.45) is 0 Å². The van der Waals surface area contributed by atoms with E-state index in [2.05, 4.69) is 0 Å². The molecule has 2 aromatic rings. The Morgan fingerprint density at radius 3 is 2.57 bits per heavy atom. The normalized spacial score (nSPS) is 10.7. The summed E-state index contributed by atoms with van der Waals surface area (Å²) in [6, 6.07) is 9.40. The third-order valence-corrected chi connectivity index (χ3v) is 4.01. The van der Waals surface area contributed by atoms with E-state index in [1.807, 2.05) is 6.92 Å². The highest BCUT2D eigenvalue weighted by atomic mass is 35.5. The van der Waals surface area contributed by atoms with Crippen molar-refractivity contribution in [3.63, 3.8) is 0 Å². The number of benzene rings is 2. The molecule has 0 aliphatic carbocycles. The van der Waals surface area contributed by atoms with E-state index in [0.717, 1.165) is 0 Å². The number of carbonyl (C=O) groups excluding carboxylic acids is 2. The molecule has 0 spiro atoms. The van der Waals surface area contributed by atoms with Gasteiger partial charge in [-0.25, -0.2) is 0 Å². The minimum Gasteiger partial charge on any atom is -0.508 e. The van der Waals surface area contributed by atoms with E-state index in [0.29, 0.717) is 23.5 Å². The van der Waals surface area contributed by atoms with Crippen molar-refractivity contribution in [3.8, 4) is 17.2 Å². The number of ketones is 1. The predicted molar refractivity (Wildman–Crippen MR) is 108 cm³/mol. The minimum absolute atomic E-state index is 0.0229.